The van der Waals surface area contributed by atoms with Crippen LogP contribution in [0.1, 0.15) is 30.1 Å². The lowest BCUT2D eigenvalue weighted by Gasteiger charge is -2.09. The van der Waals surface area contributed by atoms with Gasteiger partial charge in [0, 0.05) is 12.2 Å². The van der Waals surface area contributed by atoms with Crippen LogP contribution in [0.15, 0.2) is 18.3 Å². The van der Waals surface area contributed by atoms with Crippen molar-refractivity contribution in [1.82, 2.24) is 4.98 Å². The zero-order valence-electron chi connectivity index (χ0n) is 7.33. The van der Waals surface area contributed by atoms with Gasteiger partial charge in [-0.2, -0.15) is 0 Å². The van der Waals surface area contributed by atoms with E-state index in [9.17, 15) is 0 Å². The molecule has 0 bridgehead atoms. The van der Waals surface area contributed by atoms with Gasteiger partial charge in [0.15, 0.2) is 0 Å². The minimum Gasteiger partial charge on any atom is -0.322 e. The van der Waals surface area contributed by atoms with E-state index < -0.39 is 0 Å². The standard InChI is InChI=1S/C10H14N2/c1-7-4-5-12-9(6-7)10(11)8-2-3-8/h4-6,8,10H,2-3,11H2,1H3. The van der Waals surface area contributed by atoms with Crippen LogP contribution >= 0.6 is 0 Å². The van der Waals surface area contributed by atoms with Gasteiger partial charge in [-0.1, -0.05) is 0 Å². The second kappa shape index (κ2) is 2.87. The van der Waals surface area contributed by atoms with Crippen molar-refractivity contribution in [1.29, 1.82) is 0 Å². The summed E-state index contributed by atoms with van der Waals surface area (Å²) in [6, 6.07) is 4.26. The first-order valence-electron chi connectivity index (χ1n) is 4.45. The van der Waals surface area contributed by atoms with Crippen LogP contribution in [0.25, 0.3) is 0 Å². The quantitative estimate of drug-likeness (QED) is 0.720. The molecule has 0 amide bonds. The molecule has 64 valence electrons. The SMILES string of the molecule is Cc1ccnc(C(N)C2CC2)c1. The Hall–Kier alpha value is -0.890. The summed E-state index contributed by atoms with van der Waals surface area (Å²) < 4.78 is 0. The number of rotatable bonds is 2. The molecule has 1 heterocycles. The maximum absolute atomic E-state index is 6.01. The molecule has 12 heavy (non-hydrogen) atoms. The second-order valence-electron chi connectivity index (χ2n) is 3.62. The van der Waals surface area contributed by atoms with E-state index in [2.05, 4.69) is 18.0 Å². The van der Waals surface area contributed by atoms with Crippen LogP contribution in [0.4, 0.5) is 0 Å². The number of nitrogens with two attached hydrogens (primary N) is 1. The number of nitrogens with zero attached hydrogens (tertiary/aromatic N) is 1. The molecule has 1 aliphatic rings. The lowest BCUT2D eigenvalue weighted by molar-refractivity contribution is 0.614. The lowest BCUT2D eigenvalue weighted by Crippen LogP contribution is -2.13. The summed E-state index contributed by atoms with van der Waals surface area (Å²) in [6.45, 7) is 2.07. The molecule has 1 atom stereocenters. The van der Waals surface area contributed by atoms with Crippen LogP contribution < -0.4 is 5.73 Å². The van der Waals surface area contributed by atoms with Gasteiger partial charge in [0.25, 0.3) is 0 Å². The Morgan fingerprint density at radius 3 is 2.92 bits per heavy atom. The summed E-state index contributed by atoms with van der Waals surface area (Å²) in [4.78, 5) is 4.28. The van der Waals surface area contributed by atoms with E-state index >= 15 is 0 Å². The highest BCUT2D eigenvalue weighted by atomic mass is 14.8. The molecule has 1 aromatic heterocycles. The molecule has 1 saturated carbocycles. The van der Waals surface area contributed by atoms with Crippen LogP contribution in [0.2, 0.25) is 0 Å². The zero-order valence-corrected chi connectivity index (χ0v) is 7.33. The normalized spacial score (nSPS) is 19.2. The van der Waals surface area contributed by atoms with Gasteiger partial charge < -0.3 is 5.73 Å². The van der Waals surface area contributed by atoms with E-state index in [4.69, 9.17) is 5.73 Å². The van der Waals surface area contributed by atoms with Crippen molar-refractivity contribution < 1.29 is 0 Å². The molecule has 2 rings (SSSR count). The number of hydrogen-bond donors (Lipinski definition) is 1. The van der Waals surface area contributed by atoms with Gasteiger partial charge in [0.1, 0.15) is 0 Å². The number of aromatic nitrogens is 1. The smallest absolute Gasteiger partial charge is 0.0576 e. The zero-order chi connectivity index (χ0) is 8.55. The van der Waals surface area contributed by atoms with Crippen molar-refractivity contribution in [2.75, 3.05) is 0 Å². The highest BCUT2D eigenvalue weighted by molar-refractivity contribution is 5.18. The Morgan fingerprint density at radius 2 is 2.33 bits per heavy atom. The van der Waals surface area contributed by atoms with Crippen molar-refractivity contribution >= 4 is 0 Å². The fourth-order valence-corrected chi connectivity index (χ4v) is 1.44. The Labute approximate surface area is 72.8 Å². The first kappa shape index (κ1) is 7.74. The van der Waals surface area contributed by atoms with Gasteiger partial charge in [-0.15, -0.1) is 0 Å². The molecule has 2 heteroatoms. The summed E-state index contributed by atoms with van der Waals surface area (Å²) >= 11 is 0. The van der Waals surface area contributed by atoms with Gasteiger partial charge in [0.05, 0.1) is 5.69 Å². The Balaban J connectivity index is 2.20. The lowest BCUT2D eigenvalue weighted by atomic mass is 10.1. The molecule has 0 aromatic carbocycles. The van der Waals surface area contributed by atoms with Crippen molar-refractivity contribution in [3.8, 4) is 0 Å². The Bertz CT molecular complexity index is 279. The maximum Gasteiger partial charge on any atom is 0.0576 e. The highest BCUT2D eigenvalue weighted by Gasteiger charge is 2.30. The Kier molecular flexibility index (Phi) is 1.85. The third kappa shape index (κ3) is 1.48. The number of hydrogen-bond acceptors (Lipinski definition) is 2. The molecule has 0 radical (unpaired) electrons. The molecular weight excluding hydrogens is 148 g/mol. The Morgan fingerprint density at radius 1 is 1.58 bits per heavy atom. The van der Waals surface area contributed by atoms with Gasteiger partial charge in [-0.25, -0.2) is 0 Å². The molecule has 1 fully saturated rings. The molecule has 0 spiro atoms. The first-order valence-corrected chi connectivity index (χ1v) is 4.45. The summed E-state index contributed by atoms with van der Waals surface area (Å²) in [5, 5.41) is 0. The van der Waals surface area contributed by atoms with Crippen LogP contribution in [0.5, 0.6) is 0 Å². The molecule has 2 nitrogen and oxygen atoms in total. The molecule has 0 aliphatic heterocycles. The van der Waals surface area contributed by atoms with Crippen LogP contribution in [-0.2, 0) is 0 Å². The third-order valence-electron chi connectivity index (χ3n) is 2.41. The predicted octanol–water partition coefficient (Wildman–Crippen LogP) is 1.80. The van der Waals surface area contributed by atoms with E-state index in [0.717, 1.165) is 5.69 Å². The first-order chi connectivity index (χ1) is 5.77. The second-order valence-corrected chi connectivity index (χ2v) is 3.62. The fraction of sp³-hybridized carbons (Fsp3) is 0.500. The largest absolute Gasteiger partial charge is 0.322 e. The van der Waals surface area contributed by atoms with E-state index in [0.29, 0.717) is 5.92 Å². The molecular formula is C10H14N2. The average Bonchev–Trinajstić information content (AvgIpc) is 2.85. The van der Waals surface area contributed by atoms with Crippen molar-refractivity contribution in [3.63, 3.8) is 0 Å². The molecule has 1 aromatic rings. The molecule has 2 N–H and O–H groups in total. The van der Waals surface area contributed by atoms with Crippen molar-refractivity contribution in [3.05, 3.63) is 29.6 Å². The van der Waals surface area contributed by atoms with Crippen molar-refractivity contribution in [2.45, 2.75) is 25.8 Å². The van der Waals surface area contributed by atoms with E-state index in [1.165, 1.54) is 18.4 Å². The van der Waals surface area contributed by atoms with Crippen LogP contribution in [0.3, 0.4) is 0 Å². The summed E-state index contributed by atoms with van der Waals surface area (Å²) in [5.74, 6) is 0.694. The fourth-order valence-electron chi connectivity index (χ4n) is 1.44. The monoisotopic (exact) mass is 162 g/mol. The van der Waals surface area contributed by atoms with E-state index in [-0.39, 0.29) is 6.04 Å². The van der Waals surface area contributed by atoms with Gasteiger partial charge in [-0.3, -0.25) is 4.98 Å². The van der Waals surface area contributed by atoms with E-state index in [1.54, 1.807) is 0 Å². The number of aryl methyl sites for hydroxylation is 1. The van der Waals surface area contributed by atoms with Crippen LogP contribution in [-0.4, -0.2) is 4.98 Å². The molecule has 1 aliphatic carbocycles. The predicted molar refractivity (Wildman–Crippen MR) is 48.6 cm³/mol. The minimum absolute atomic E-state index is 0.171. The topological polar surface area (TPSA) is 38.9 Å². The van der Waals surface area contributed by atoms with Gasteiger partial charge >= 0.3 is 0 Å². The average molecular weight is 162 g/mol. The van der Waals surface area contributed by atoms with Gasteiger partial charge in [0.2, 0.25) is 0 Å². The summed E-state index contributed by atoms with van der Waals surface area (Å²) in [6.07, 6.45) is 4.39. The highest BCUT2D eigenvalue weighted by Crippen LogP contribution is 2.38. The molecule has 0 saturated heterocycles. The number of pyridine rings is 1. The summed E-state index contributed by atoms with van der Waals surface area (Å²) in [5.41, 5.74) is 8.31. The third-order valence-corrected chi connectivity index (χ3v) is 2.41. The van der Waals surface area contributed by atoms with E-state index in [1.807, 2.05) is 12.3 Å². The minimum atomic E-state index is 0.171. The van der Waals surface area contributed by atoms with Gasteiger partial charge in [-0.05, 0) is 43.4 Å². The molecule has 1 unspecified atom stereocenters. The van der Waals surface area contributed by atoms with Crippen LogP contribution in [0, 0.1) is 12.8 Å². The maximum atomic E-state index is 6.01. The summed E-state index contributed by atoms with van der Waals surface area (Å²) in [7, 11) is 0. The van der Waals surface area contributed by atoms with Crippen molar-refractivity contribution in [2.24, 2.45) is 11.7 Å².